The number of benzene rings is 4. The van der Waals surface area contributed by atoms with Gasteiger partial charge in [-0.15, -0.1) is 0 Å². The highest BCUT2D eigenvalue weighted by molar-refractivity contribution is 6.14. The number of ether oxygens (including phenoxy) is 4. The summed E-state index contributed by atoms with van der Waals surface area (Å²) in [5.74, 6) is -0.688. The van der Waals surface area contributed by atoms with E-state index in [-0.39, 0.29) is 43.5 Å². The highest BCUT2D eigenvalue weighted by Gasteiger charge is 2.34. The molecule has 37 heavy (non-hydrogen) atoms. The first-order chi connectivity index (χ1) is 18.0. The maximum Gasteiger partial charge on any atom is 0.343 e. The van der Waals surface area contributed by atoms with Crippen molar-refractivity contribution in [2.45, 2.75) is 19.8 Å². The van der Waals surface area contributed by atoms with Crippen LogP contribution in [0, 0.1) is 5.82 Å². The second-order valence-corrected chi connectivity index (χ2v) is 8.58. The molecule has 2 N–H and O–H groups in total. The Morgan fingerprint density at radius 3 is 2.30 bits per heavy atom. The van der Waals surface area contributed by atoms with Crippen LogP contribution in [-0.4, -0.2) is 28.9 Å². The lowest BCUT2D eigenvalue weighted by atomic mass is 9.87. The zero-order chi connectivity index (χ0) is 25.7. The van der Waals surface area contributed by atoms with Crippen LogP contribution in [0.15, 0.2) is 54.6 Å². The van der Waals surface area contributed by atoms with Gasteiger partial charge in [0.05, 0.1) is 24.3 Å². The molecule has 0 saturated heterocycles. The largest absolute Gasteiger partial charge is 0.457 e. The van der Waals surface area contributed by atoms with E-state index in [1.54, 1.807) is 30.3 Å². The van der Waals surface area contributed by atoms with E-state index in [1.165, 1.54) is 12.1 Å². The van der Waals surface area contributed by atoms with Gasteiger partial charge >= 0.3 is 11.9 Å². The minimum Gasteiger partial charge on any atom is -0.457 e. The van der Waals surface area contributed by atoms with E-state index in [0.717, 1.165) is 12.1 Å². The van der Waals surface area contributed by atoms with Gasteiger partial charge in [0.15, 0.2) is 11.5 Å². The van der Waals surface area contributed by atoms with Gasteiger partial charge in [0, 0.05) is 16.5 Å². The molecule has 2 aliphatic rings. The van der Waals surface area contributed by atoms with Gasteiger partial charge in [-0.05, 0) is 70.6 Å². The maximum absolute atomic E-state index is 13.4. The van der Waals surface area contributed by atoms with Crippen molar-refractivity contribution < 1.29 is 43.1 Å². The molecular weight excluding hydrogens is 483 g/mol. The summed E-state index contributed by atoms with van der Waals surface area (Å²) in [6.07, 6.45) is 0. The molecule has 0 aromatic heterocycles. The van der Waals surface area contributed by atoms with Gasteiger partial charge in [0.25, 0.3) is 0 Å². The lowest BCUT2D eigenvalue weighted by Crippen LogP contribution is -2.11. The molecule has 0 unspecified atom stereocenters. The molecule has 4 aromatic rings. The molecule has 0 aliphatic carbocycles. The monoisotopic (exact) mass is 502 g/mol. The van der Waals surface area contributed by atoms with Crippen LogP contribution >= 0.6 is 0 Å². The molecule has 0 fully saturated rings. The Bertz CT molecular complexity index is 1590. The Balaban J connectivity index is 1.63. The average Bonchev–Trinajstić information content (AvgIpc) is 3.54. The van der Waals surface area contributed by atoms with Crippen LogP contribution in [0.5, 0.6) is 17.2 Å². The molecule has 6 rings (SSSR count). The number of carbonyl (C=O) groups is 2. The van der Waals surface area contributed by atoms with E-state index in [9.17, 15) is 24.2 Å². The van der Waals surface area contributed by atoms with Gasteiger partial charge in [-0.3, -0.25) is 0 Å². The Hall–Kier alpha value is -4.47. The Labute approximate surface area is 209 Å². The van der Waals surface area contributed by atoms with Crippen molar-refractivity contribution in [2.24, 2.45) is 0 Å². The average molecular weight is 502 g/mol. The fourth-order valence-electron chi connectivity index (χ4n) is 4.72. The van der Waals surface area contributed by atoms with Crippen molar-refractivity contribution in [2.75, 3.05) is 6.79 Å². The van der Waals surface area contributed by atoms with Gasteiger partial charge in [-0.1, -0.05) is 6.07 Å². The number of fused-ring (bicyclic) bond motifs is 3. The quantitative estimate of drug-likeness (QED) is 0.308. The van der Waals surface area contributed by atoms with Gasteiger partial charge in [-0.25, -0.2) is 14.0 Å². The van der Waals surface area contributed by atoms with Gasteiger partial charge in [-0.2, -0.15) is 0 Å². The smallest absolute Gasteiger partial charge is 0.343 e. The fourth-order valence-corrected chi connectivity index (χ4v) is 4.72. The number of esters is 2. The minimum atomic E-state index is -0.754. The van der Waals surface area contributed by atoms with Crippen molar-refractivity contribution in [1.29, 1.82) is 0 Å². The van der Waals surface area contributed by atoms with E-state index in [2.05, 4.69) is 0 Å². The number of rotatable bonds is 5. The van der Waals surface area contributed by atoms with Gasteiger partial charge in [0.2, 0.25) is 6.79 Å². The predicted molar refractivity (Wildman–Crippen MR) is 128 cm³/mol. The Morgan fingerprint density at radius 1 is 0.865 bits per heavy atom. The van der Waals surface area contributed by atoms with Crippen molar-refractivity contribution in [3.8, 4) is 28.4 Å². The number of halogens is 1. The molecule has 9 heteroatoms. The number of hydrogen-bond donors (Lipinski definition) is 2. The van der Waals surface area contributed by atoms with Crippen LogP contribution in [0.4, 0.5) is 4.39 Å². The summed E-state index contributed by atoms with van der Waals surface area (Å²) in [4.78, 5) is 26.0. The molecule has 4 aromatic carbocycles. The summed E-state index contributed by atoms with van der Waals surface area (Å²) in [7, 11) is 0. The van der Waals surface area contributed by atoms with Gasteiger partial charge in [0.1, 0.15) is 18.2 Å². The standard InChI is InChI=1S/C28H19FO8/c29-18-4-1-14(2-5-18)27(32)37-26-20-8-17(11-31)16(10-30)7-19(20)24(25-21(26)12-34-28(25)33)15-3-6-22-23(9-15)36-13-35-22/h1-9,30-31H,10-13H2. The highest BCUT2D eigenvalue weighted by Crippen LogP contribution is 2.47. The van der Waals surface area contributed by atoms with Crippen LogP contribution < -0.4 is 14.2 Å². The molecule has 186 valence electrons. The third-order valence-electron chi connectivity index (χ3n) is 6.51. The van der Waals surface area contributed by atoms with E-state index in [1.807, 2.05) is 0 Å². The molecule has 0 radical (unpaired) electrons. The molecule has 0 spiro atoms. The first-order valence-corrected chi connectivity index (χ1v) is 11.4. The number of aliphatic hydroxyl groups is 2. The van der Waals surface area contributed by atoms with E-state index < -0.39 is 17.8 Å². The third kappa shape index (κ3) is 3.76. The predicted octanol–water partition coefficient (Wildman–Crippen LogP) is 4.25. The SMILES string of the molecule is O=C(Oc1c2c(c(-c3ccc4c(c3)OCO4)c3cc(CO)c(CO)cc13)C(=O)OC2)c1ccc(F)cc1. The van der Waals surface area contributed by atoms with Crippen LogP contribution in [0.2, 0.25) is 0 Å². The lowest BCUT2D eigenvalue weighted by molar-refractivity contribution is 0.0534. The third-order valence-corrected chi connectivity index (χ3v) is 6.51. The van der Waals surface area contributed by atoms with Crippen molar-refractivity contribution in [3.63, 3.8) is 0 Å². The van der Waals surface area contributed by atoms with Crippen molar-refractivity contribution in [1.82, 2.24) is 0 Å². The summed E-state index contributed by atoms with van der Waals surface area (Å²) in [6.45, 7) is -0.794. The summed E-state index contributed by atoms with van der Waals surface area (Å²) in [5, 5.41) is 20.9. The summed E-state index contributed by atoms with van der Waals surface area (Å²) in [5.41, 5.74) is 2.70. The van der Waals surface area contributed by atoms with Crippen molar-refractivity contribution in [3.05, 3.63) is 88.2 Å². The molecule has 0 amide bonds. The topological polar surface area (TPSA) is 112 Å². The van der Waals surface area contributed by atoms with Crippen LogP contribution in [0.25, 0.3) is 21.9 Å². The molecule has 0 bridgehead atoms. The number of cyclic esters (lactones) is 1. The van der Waals surface area contributed by atoms with E-state index in [0.29, 0.717) is 50.1 Å². The lowest BCUT2D eigenvalue weighted by Gasteiger charge is -2.19. The molecule has 8 nitrogen and oxygen atoms in total. The Kier molecular flexibility index (Phi) is 5.51. The number of aliphatic hydroxyl groups excluding tert-OH is 2. The molecular formula is C28H19FO8. The zero-order valence-corrected chi connectivity index (χ0v) is 19.2. The maximum atomic E-state index is 13.4. The van der Waals surface area contributed by atoms with Crippen LogP contribution in [-0.2, 0) is 24.6 Å². The number of hydrogen-bond acceptors (Lipinski definition) is 8. The second kappa shape index (κ2) is 8.88. The normalized spacial score (nSPS) is 13.5. The van der Waals surface area contributed by atoms with Crippen LogP contribution in [0.1, 0.15) is 37.4 Å². The minimum absolute atomic E-state index is 0.0759. The number of carbonyl (C=O) groups excluding carboxylic acids is 2. The summed E-state index contributed by atoms with van der Waals surface area (Å²) >= 11 is 0. The highest BCUT2D eigenvalue weighted by atomic mass is 19.1. The summed E-state index contributed by atoms with van der Waals surface area (Å²) < 4.78 is 35.5. The Morgan fingerprint density at radius 2 is 1.57 bits per heavy atom. The fraction of sp³-hybridized carbons (Fsp3) is 0.143. The second-order valence-electron chi connectivity index (χ2n) is 8.58. The molecule has 2 heterocycles. The van der Waals surface area contributed by atoms with E-state index in [4.69, 9.17) is 18.9 Å². The van der Waals surface area contributed by atoms with Gasteiger partial charge < -0.3 is 29.2 Å². The molecule has 0 saturated carbocycles. The van der Waals surface area contributed by atoms with Crippen LogP contribution in [0.3, 0.4) is 0 Å². The molecule has 2 aliphatic heterocycles. The summed E-state index contributed by atoms with van der Waals surface area (Å²) in [6, 6.07) is 13.4. The van der Waals surface area contributed by atoms with Crippen molar-refractivity contribution >= 4 is 22.7 Å². The van der Waals surface area contributed by atoms with E-state index >= 15 is 0 Å². The first kappa shape index (κ1) is 23.0. The first-order valence-electron chi connectivity index (χ1n) is 11.4. The molecule has 0 atom stereocenters. The zero-order valence-electron chi connectivity index (χ0n) is 19.2.